The molecule has 7 nitrogen and oxygen atoms in total. The van der Waals surface area contributed by atoms with Gasteiger partial charge in [0, 0.05) is 5.02 Å². The molecule has 0 spiro atoms. The van der Waals surface area contributed by atoms with Crippen LogP contribution in [0, 0.1) is 17.0 Å². The van der Waals surface area contributed by atoms with Crippen LogP contribution >= 0.6 is 11.6 Å². The second kappa shape index (κ2) is 5.10. The Labute approximate surface area is 130 Å². The number of amides is 1. The van der Waals surface area contributed by atoms with Crippen LogP contribution in [0.15, 0.2) is 24.3 Å². The van der Waals surface area contributed by atoms with E-state index in [1.165, 1.54) is 6.92 Å². The summed E-state index contributed by atoms with van der Waals surface area (Å²) in [5, 5.41) is 20.7. The third-order valence-corrected chi connectivity index (χ3v) is 4.03. The lowest BCUT2D eigenvalue weighted by Crippen LogP contribution is -2.35. The van der Waals surface area contributed by atoms with Crippen LogP contribution in [0.4, 0.5) is 5.69 Å². The number of carbonyl (C=O) groups is 1. The van der Waals surface area contributed by atoms with Gasteiger partial charge >= 0.3 is 5.69 Å². The smallest absolute Gasteiger partial charge is 0.322 e. The van der Waals surface area contributed by atoms with E-state index in [0.29, 0.717) is 5.02 Å². The molecule has 0 bridgehead atoms. The number of nitrogens with one attached hydrogen (secondary N) is 2. The molecule has 8 heteroatoms. The molecule has 1 amide bonds. The van der Waals surface area contributed by atoms with Crippen molar-refractivity contribution in [3.8, 4) is 0 Å². The topological polar surface area (TPSA) is 101 Å². The number of aryl methyl sites for hydroxylation is 1. The number of H-pyrrole nitrogens is 1. The van der Waals surface area contributed by atoms with Crippen molar-refractivity contribution < 1.29 is 9.72 Å². The molecule has 1 aliphatic rings. The van der Waals surface area contributed by atoms with Gasteiger partial charge in [0.1, 0.15) is 5.69 Å². The molecule has 1 aliphatic carbocycles. The summed E-state index contributed by atoms with van der Waals surface area (Å²) < 4.78 is 0. The van der Waals surface area contributed by atoms with Gasteiger partial charge in [-0.15, -0.1) is 0 Å². The summed E-state index contributed by atoms with van der Waals surface area (Å²) in [6, 6.07) is 7.23. The Bertz CT molecular complexity index is 767. The van der Waals surface area contributed by atoms with E-state index in [2.05, 4.69) is 15.5 Å². The highest BCUT2D eigenvalue weighted by atomic mass is 35.5. The molecule has 1 aromatic heterocycles. The minimum absolute atomic E-state index is 0.198. The molecular formula is C14H13ClN4O3. The number of rotatable bonds is 4. The molecule has 1 saturated carbocycles. The lowest BCUT2D eigenvalue weighted by molar-refractivity contribution is -0.385. The molecule has 1 heterocycles. The molecule has 1 fully saturated rings. The van der Waals surface area contributed by atoms with Crippen molar-refractivity contribution in [2.45, 2.75) is 25.3 Å². The van der Waals surface area contributed by atoms with Crippen molar-refractivity contribution in [3.63, 3.8) is 0 Å². The zero-order valence-corrected chi connectivity index (χ0v) is 12.5. The average molecular weight is 321 g/mol. The summed E-state index contributed by atoms with van der Waals surface area (Å²) in [4.78, 5) is 22.8. The Morgan fingerprint density at radius 1 is 1.50 bits per heavy atom. The highest BCUT2D eigenvalue weighted by Crippen LogP contribution is 2.46. The second-order valence-corrected chi connectivity index (χ2v) is 5.79. The minimum atomic E-state index is -0.604. The Morgan fingerprint density at radius 3 is 2.82 bits per heavy atom. The molecule has 2 aromatic rings. The Kier molecular flexibility index (Phi) is 3.37. The van der Waals surface area contributed by atoms with Crippen LogP contribution in [0.3, 0.4) is 0 Å². The first-order valence-corrected chi connectivity index (χ1v) is 7.09. The third-order valence-electron chi connectivity index (χ3n) is 3.79. The first kappa shape index (κ1) is 14.5. The minimum Gasteiger partial charge on any atom is -0.341 e. The standard InChI is InChI=1S/C14H13ClN4O3/c1-8-12(19(21)22)11(18-17-8)13(20)16-14(5-6-14)9-3-2-4-10(15)7-9/h2-4,7H,5-6H2,1H3,(H,16,20)(H,17,18). The first-order chi connectivity index (χ1) is 10.4. The van der Waals surface area contributed by atoms with Gasteiger partial charge in [-0.1, -0.05) is 23.7 Å². The fraction of sp³-hybridized carbons (Fsp3) is 0.286. The van der Waals surface area contributed by atoms with Crippen LogP contribution in [0.1, 0.15) is 34.6 Å². The van der Waals surface area contributed by atoms with Gasteiger partial charge in [0.05, 0.1) is 10.5 Å². The Hall–Kier alpha value is -2.41. The van der Waals surface area contributed by atoms with E-state index in [1.54, 1.807) is 12.1 Å². The van der Waals surface area contributed by atoms with Crippen LogP contribution in [-0.4, -0.2) is 21.0 Å². The molecule has 0 aliphatic heterocycles. The van der Waals surface area contributed by atoms with Crippen molar-refractivity contribution in [3.05, 3.63) is 56.4 Å². The van der Waals surface area contributed by atoms with Crippen LogP contribution in [0.2, 0.25) is 5.02 Å². The van der Waals surface area contributed by atoms with Crippen molar-refractivity contribution >= 4 is 23.2 Å². The van der Waals surface area contributed by atoms with Gasteiger partial charge in [-0.05, 0) is 37.5 Å². The van der Waals surface area contributed by atoms with Crippen molar-refractivity contribution in [1.29, 1.82) is 0 Å². The van der Waals surface area contributed by atoms with E-state index in [9.17, 15) is 14.9 Å². The second-order valence-electron chi connectivity index (χ2n) is 5.35. The Balaban J connectivity index is 1.88. The summed E-state index contributed by atoms with van der Waals surface area (Å²) in [7, 11) is 0. The quantitative estimate of drug-likeness (QED) is 0.668. The normalized spacial score (nSPS) is 15.4. The molecule has 0 unspecified atom stereocenters. The number of aromatic amines is 1. The maximum Gasteiger partial charge on any atom is 0.322 e. The van der Waals surface area contributed by atoms with Gasteiger partial charge in [0.15, 0.2) is 0 Å². The van der Waals surface area contributed by atoms with E-state index in [0.717, 1.165) is 18.4 Å². The fourth-order valence-electron chi connectivity index (χ4n) is 2.48. The van der Waals surface area contributed by atoms with Crippen LogP contribution in [0.5, 0.6) is 0 Å². The molecule has 0 radical (unpaired) electrons. The maximum atomic E-state index is 12.4. The predicted octanol–water partition coefficient (Wildman–Crippen LogP) is 2.70. The molecular weight excluding hydrogens is 308 g/mol. The first-order valence-electron chi connectivity index (χ1n) is 6.71. The highest BCUT2D eigenvalue weighted by Gasteiger charge is 2.47. The summed E-state index contributed by atoms with van der Waals surface area (Å²) in [6.45, 7) is 1.51. The summed E-state index contributed by atoms with van der Waals surface area (Å²) in [6.07, 6.45) is 1.52. The number of aromatic nitrogens is 2. The number of hydrogen-bond donors (Lipinski definition) is 2. The number of nitro groups is 1. The summed E-state index contributed by atoms with van der Waals surface area (Å²) in [5.41, 5.74) is 0.143. The number of nitrogens with zero attached hydrogens (tertiary/aromatic N) is 2. The van der Waals surface area contributed by atoms with Crippen molar-refractivity contribution in [2.75, 3.05) is 0 Å². The van der Waals surface area contributed by atoms with Gasteiger partial charge < -0.3 is 5.32 Å². The predicted molar refractivity (Wildman–Crippen MR) is 79.8 cm³/mol. The van der Waals surface area contributed by atoms with Gasteiger partial charge in [0.25, 0.3) is 5.91 Å². The monoisotopic (exact) mass is 320 g/mol. The van der Waals surface area contributed by atoms with E-state index >= 15 is 0 Å². The lowest BCUT2D eigenvalue weighted by atomic mass is 10.0. The third kappa shape index (κ3) is 2.43. The van der Waals surface area contributed by atoms with Gasteiger partial charge in [-0.3, -0.25) is 20.0 Å². The van der Waals surface area contributed by atoms with Crippen LogP contribution in [-0.2, 0) is 5.54 Å². The van der Waals surface area contributed by atoms with E-state index < -0.39 is 16.4 Å². The van der Waals surface area contributed by atoms with Crippen LogP contribution in [0.25, 0.3) is 0 Å². The molecule has 2 N–H and O–H groups in total. The van der Waals surface area contributed by atoms with E-state index in [1.807, 2.05) is 12.1 Å². The average Bonchev–Trinajstić information content (AvgIpc) is 3.13. The molecule has 114 valence electrons. The Morgan fingerprint density at radius 2 is 2.23 bits per heavy atom. The maximum absolute atomic E-state index is 12.4. The van der Waals surface area contributed by atoms with Crippen LogP contribution < -0.4 is 5.32 Å². The van der Waals surface area contributed by atoms with Gasteiger partial charge in [-0.2, -0.15) is 5.10 Å². The lowest BCUT2D eigenvalue weighted by Gasteiger charge is -2.17. The van der Waals surface area contributed by atoms with Crippen molar-refractivity contribution in [1.82, 2.24) is 15.5 Å². The molecule has 1 aromatic carbocycles. The molecule has 3 rings (SSSR count). The summed E-state index contributed by atoms with van der Waals surface area (Å²) in [5.74, 6) is -0.562. The molecule has 22 heavy (non-hydrogen) atoms. The number of benzene rings is 1. The van der Waals surface area contributed by atoms with Crippen molar-refractivity contribution in [2.24, 2.45) is 0 Å². The number of halogens is 1. The zero-order valence-electron chi connectivity index (χ0n) is 11.7. The number of hydrogen-bond acceptors (Lipinski definition) is 4. The highest BCUT2D eigenvalue weighted by molar-refractivity contribution is 6.30. The van der Waals surface area contributed by atoms with E-state index in [4.69, 9.17) is 11.6 Å². The molecule has 0 atom stereocenters. The van der Waals surface area contributed by atoms with Gasteiger partial charge in [-0.25, -0.2) is 0 Å². The van der Waals surface area contributed by atoms with E-state index in [-0.39, 0.29) is 17.1 Å². The van der Waals surface area contributed by atoms with Gasteiger partial charge in [0.2, 0.25) is 5.69 Å². The zero-order chi connectivity index (χ0) is 15.9. The summed E-state index contributed by atoms with van der Waals surface area (Å²) >= 11 is 5.98. The SMILES string of the molecule is Cc1[nH]nc(C(=O)NC2(c3cccc(Cl)c3)CC2)c1[N+](=O)[O-]. The fourth-order valence-corrected chi connectivity index (χ4v) is 2.67. The number of carbonyl (C=O) groups excluding carboxylic acids is 1. The molecule has 0 saturated heterocycles. The largest absolute Gasteiger partial charge is 0.341 e.